The van der Waals surface area contributed by atoms with Crippen LogP contribution in [0.2, 0.25) is 0 Å². The van der Waals surface area contributed by atoms with Gasteiger partial charge in [0.25, 0.3) is 5.91 Å². The molecule has 0 radical (unpaired) electrons. The number of likely N-dealkylation sites (tertiary alicyclic amines) is 1. The number of benzene rings is 1. The van der Waals surface area contributed by atoms with E-state index in [1.807, 2.05) is 24.5 Å². The number of nitrogens with one attached hydrogen (secondary N) is 3. The summed E-state index contributed by atoms with van der Waals surface area (Å²) >= 11 is 1.55. The molecule has 10 nitrogen and oxygen atoms in total. The lowest BCUT2D eigenvalue weighted by atomic mass is 10.0. The fraction of sp³-hybridized carbons (Fsp3) is 0.417. The number of ether oxygens (including phenoxy) is 1. The quantitative estimate of drug-likeness (QED) is 0.374. The molecule has 1 aromatic carbocycles. The fourth-order valence-corrected chi connectivity index (χ4v) is 4.40. The van der Waals surface area contributed by atoms with Crippen molar-refractivity contribution in [2.75, 3.05) is 25.2 Å². The summed E-state index contributed by atoms with van der Waals surface area (Å²) in [6.45, 7) is 3.76. The van der Waals surface area contributed by atoms with E-state index in [9.17, 15) is 19.2 Å². The van der Waals surface area contributed by atoms with Gasteiger partial charge < -0.3 is 30.0 Å². The van der Waals surface area contributed by atoms with Crippen LogP contribution >= 0.6 is 11.8 Å². The number of furan rings is 1. The Kier molecular flexibility index (Phi) is 8.80. The highest BCUT2D eigenvalue weighted by molar-refractivity contribution is 7.98. The minimum atomic E-state index is -1.05. The van der Waals surface area contributed by atoms with Gasteiger partial charge in [0, 0.05) is 17.1 Å². The van der Waals surface area contributed by atoms with Crippen LogP contribution in [-0.4, -0.2) is 66.8 Å². The fourth-order valence-electron chi connectivity index (χ4n) is 3.94. The molecule has 1 fully saturated rings. The number of urea groups is 1. The van der Waals surface area contributed by atoms with Gasteiger partial charge >= 0.3 is 12.0 Å². The van der Waals surface area contributed by atoms with Gasteiger partial charge in [-0.15, -0.1) is 11.8 Å². The minimum absolute atomic E-state index is 0.0789. The number of nitrogens with zero attached hydrogens (tertiary/aromatic N) is 1. The Labute approximate surface area is 208 Å². The van der Waals surface area contributed by atoms with Gasteiger partial charge in [-0.05, 0) is 48.9 Å². The Morgan fingerprint density at radius 1 is 1.17 bits per heavy atom. The summed E-state index contributed by atoms with van der Waals surface area (Å²) in [6.07, 6.45) is 3.65. The van der Waals surface area contributed by atoms with E-state index in [2.05, 4.69) is 16.0 Å². The number of carbonyl (C=O) groups excluding carboxylic acids is 4. The first-order chi connectivity index (χ1) is 16.7. The van der Waals surface area contributed by atoms with E-state index >= 15 is 0 Å². The van der Waals surface area contributed by atoms with E-state index < -0.39 is 41.9 Å². The maximum Gasteiger partial charge on any atom is 0.328 e. The standard InChI is InChI=1S/C24H30N4O6S/c1-14(2)19(23(31)33-3)27-21(29)20-17(10-11-28(20)22(30)18-9-6-12-34-18)26-24(32)25-15-7-5-8-16(13-15)35-4/h5-9,12-14,17,19-20H,10-11H2,1-4H3,(H,27,29)(H2,25,26,32). The minimum Gasteiger partial charge on any atom is -0.467 e. The van der Waals surface area contributed by atoms with E-state index in [1.54, 1.807) is 37.7 Å². The second-order valence-corrected chi connectivity index (χ2v) is 9.28. The van der Waals surface area contributed by atoms with Gasteiger partial charge in [0.15, 0.2) is 5.76 Å². The van der Waals surface area contributed by atoms with Crippen LogP contribution in [0.15, 0.2) is 52.0 Å². The van der Waals surface area contributed by atoms with Gasteiger partial charge in [-0.25, -0.2) is 9.59 Å². The van der Waals surface area contributed by atoms with Crippen molar-refractivity contribution in [2.24, 2.45) is 5.92 Å². The molecule has 4 amide bonds. The Hall–Kier alpha value is -3.47. The maximum atomic E-state index is 13.4. The van der Waals surface area contributed by atoms with Crippen LogP contribution in [0.3, 0.4) is 0 Å². The molecular formula is C24H30N4O6S. The van der Waals surface area contributed by atoms with Crippen LogP contribution in [0.4, 0.5) is 10.5 Å². The first kappa shape index (κ1) is 26.1. The number of thioether (sulfide) groups is 1. The third-order valence-corrected chi connectivity index (χ3v) is 6.45. The molecule has 0 aliphatic carbocycles. The summed E-state index contributed by atoms with van der Waals surface area (Å²) < 4.78 is 10.0. The number of amides is 4. The summed E-state index contributed by atoms with van der Waals surface area (Å²) in [5, 5.41) is 8.28. The SMILES string of the molecule is COC(=O)C(NC(=O)C1C(NC(=O)Nc2cccc(SC)c2)CCN1C(=O)c1ccco1)C(C)C. The summed E-state index contributed by atoms with van der Waals surface area (Å²) in [6, 6.07) is 7.28. The highest BCUT2D eigenvalue weighted by Crippen LogP contribution is 2.23. The highest BCUT2D eigenvalue weighted by Gasteiger charge is 2.44. The number of carbonyl (C=O) groups is 4. The number of rotatable bonds is 8. The van der Waals surface area contributed by atoms with Crippen molar-refractivity contribution in [3.8, 4) is 0 Å². The molecule has 2 aromatic rings. The third kappa shape index (κ3) is 6.36. The average molecular weight is 503 g/mol. The first-order valence-electron chi connectivity index (χ1n) is 11.2. The van der Waals surface area contributed by atoms with E-state index in [0.29, 0.717) is 12.1 Å². The summed E-state index contributed by atoms with van der Waals surface area (Å²) in [5.74, 6) is -1.81. The molecule has 0 saturated carbocycles. The lowest BCUT2D eigenvalue weighted by Gasteiger charge is -2.29. The van der Waals surface area contributed by atoms with Crippen molar-refractivity contribution in [3.05, 3.63) is 48.4 Å². The molecule has 0 bridgehead atoms. The monoisotopic (exact) mass is 502 g/mol. The molecular weight excluding hydrogens is 472 g/mol. The summed E-state index contributed by atoms with van der Waals surface area (Å²) in [5.41, 5.74) is 0.599. The Balaban J connectivity index is 1.80. The molecule has 11 heteroatoms. The molecule has 0 spiro atoms. The Bertz CT molecular complexity index is 1060. The number of methoxy groups -OCH3 is 1. The molecule has 3 rings (SSSR count). The summed E-state index contributed by atoms with van der Waals surface area (Å²) in [7, 11) is 1.24. The molecule has 1 aliphatic rings. The number of hydrogen-bond donors (Lipinski definition) is 3. The van der Waals surface area contributed by atoms with Crippen molar-refractivity contribution >= 4 is 41.3 Å². The molecule has 188 valence electrons. The van der Waals surface area contributed by atoms with Gasteiger partial charge in [-0.2, -0.15) is 0 Å². The Morgan fingerprint density at radius 3 is 2.57 bits per heavy atom. The topological polar surface area (TPSA) is 130 Å². The zero-order chi connectivity index (χ0) is 25.5. The lowest BCUT2D eigenvalue weighted by Crippen LogP contribution is -2.58. The number of esters is 1. The van der Waals surface area contributed by atoms with Gasteiger partial charge in [0.2, 0.25) is 5.91 Å². The smallest absolute Gasteiger partial charge is 0.328 e. The van der Waals surface area contributed by atoms with Crippen LogP contribution in [0.5, 0.6) is 0 Å². The maximum absolute atomic E-state index is 13.4. The van der Waals surface area contributed by atoms with Crippen molar-refractivity contribution in [1.82, 2.24) is 15.5 Å². The predicted molar refractivity (Wildman–Crippen MR) is 131 cm³/mol. The van der Waals surface area contributed by atoms with Gasteiger partial charge in [-0.1, -0.05) is 19.9 Å². The first-order valence-corrected chi connectivity index (χ1v) is 12.4. The van der Waals surface area contributed by atoms with Gasteiger partial charge in [-0.3, -0.25) is 9.59 Å². The Morgan fingerprint density at radius 2 is 1.94 bits per heavy atom. The van der Waals surface area contributed by atoms with Crippen LogP contribution in [0.25, 0.3) is 0 Å². The van der Waals surface area contributed by atoms with Crippen molar-refractivity contribution < 1.29 is 28.3 Å². The average Bonchev–Trinajstić information content (AvgIpc) is 3.52. The van der Waals surface area contributed by atoms with E-state index in [1.165, 1.54) is 24.3 Å². The lowest BCUT2D eigenvalue weighted by molar-refractivity contribution is -0.146. The normalized spacial score (nSPS) is 18.1. The molecule has 1 aromatic heterocycles. The van der Waals surface area contributed by atoms with Gasteiger partial charge in [0.05, 0.1) is 19.4 Å². The predicted octanol–water partition coefficient (Wildman–Crippen LogP) is 2.72. The van der Waals surface area contributed by atoms with Crippen molar-refractivity contribution in [3.63, 3.8) is 0 Å². The van der Waals surface area contributed by atoms with Crippen molar-refractivity contribution in [1.29, 1.82) is 0 Å². The van der Waals surface area contributed by atoms with E-state index in [0.717, 1.165) is 4.90 Å². The largest absolute Gasteiger partial charge is 0.467 e. The summed E-state index contributed by atoms with van der Waals surface area (Å²) in [4.78, 5) is 53.7. The molecule has 1 saturated heterocycles. The van der Waals surface area contributed by atoms with E-state index in [4.69, 9.17) is 9.15 Å². The number of hydrogen-bond acceptors (Lipinski definition) is 7. The molecule has 1 aliphatic heterocycles. The third-order valence-electron chi connectivity index (χ3n) is 5.72. The van der Waals surface area contributed by atoms with Crippen LogP contribution < -0.4 is 16.0 Å². The van der Waals surface area contributed by atoms with Gasteiger partial charge in [0.1, 0.15) is 12.1 Å². The van der Waals surface area contributed by atoms with Crippen LogP contribution in [0, 0.1) is 5.92 Å². The number of anilines is 1. The highest BCUT2D eigenvalue weighted by atomic mass is 32.2. The second kappa shape index (κ2) is 11.8. The van der Waals surface area contributed by atoms with Crippen LogP contribution in [-0.2, 0) is 14.3 Å². The van der Waals surface area contributed by atoms with Crippen LogP contribution in [0.1, 0.15) is 30.8 Å². The molecule has 35 heavy (non-hydrogen) atoms. The second-order valence-electron chi connectivity index (χ2n) is 8.40. The molecule has 3 atom stereocenters. The molecule has 2 heterocycles. The zero-order valence-corrected chi connectivity index (χ0v) is 20.9. The zero-order valence-electron chi connectivity index (χ0n) is 20.1. The molecule has 3 unspecified atom stereocenters. The van der Waals surface area contributed by atoms with Crippen molar-refractivity contribution in [2.45, 2.75) is 43.3 Å². The van der Waals surface area contributed by atoms with E-state index in [-0.39, 0.29) is 18.2 Å². The molecule has 3 N–H and O–H groups in total.